The van der Waals surface area contributed by atoms with Crippen LogP contribution in [-0.4, -0.2) is 35.5 Å². The molecule has 2 heterocycles. The van der Waals surface area contributed by atoms with E-state index in [9.17, 15) is 9.90 Å². The Morgan fingerprint density at radius 2 is 2.08 bits per heavy atom. The first-order valence-corrected chi connectivity index (χ1v) is 8.38. The van der Waals surface area contributed by atoms with Crippen LogP contribution in [0.3, 0.4) is 0 Å². The lowest BCUT2D eigenvalue weighted by Crippen LogP contribution is -2.14. The van der Waals surface area contributed by atoms with Gasteiger partial charge in [0.2, 0.25) is 5.90 Å². The fourth-order valence-electron chi connectivity index (χ4n) is 3.28. The van der Waals surface area contributed by atoms with E-state index >= 15 is 0 Å². The second-order valence-corrected chi connectivity index (χ2v) is 6.27. The molecule has 0 radical (unpaired) electrons. The summed E-state index contributed by atoms with van der Waals surface area (Å²) in [4.78, 5) is 21.4. The maximum Gasteiger partial charge on any atom is 0.218 e. The number of aromatic nitrogens is 1. The van der Waals surface area contributed by atoms with Crippen LogP contribution in [0.2, 0.25) is 0 Å². The second kappa shape index (κ2) is 7.57. The van der Waals surface area contributed by atoms with Crippen molar-refractivity contribution in [2.45, 2.75) is 32.2 Å². The molecule has 0 bridgehead atoms. The van der Waals surface area contributed by atoms with Crippen molar-refractivity contribution in [2.75, 3.05) is 13.7 Å². The number of ether oxygens (including phenoxy) is 1. The Labute approximate surface area is 147 Å². The molecule has 1 atom stereocenters. The number of carbonyl (C=O) groups excluding carboxylic acids is 1. The van der Waals surface area contributed by atoms with E-state index in [0.29, 0.717) is 18.9 Å². The van der Waals surface area contributed by atoms with Gasteiger partial charge in [0.25, 0.3) is 0 Å². The van der Waals surface area contributed by atoms with Crippen molar-refractivity contribution in [3.63, 3.8) is 0 Å². The first-order valence-electron chi connectivity index (χ1n) is 8.38. The number of methoxy groups -OCH3 is 1. The molecule has 130 valence electrons. The van der Waals surface area contributed by atoms with Gasteiger partial charge in [-0.1, -0.05) is 30.3 Å². The highest BCUT2D eigenvalue weighted by molar-refractivity contribution is 5.98. The summed E-state index contributed by atoms with van der Waals surface area (Å²) in [5, 5.41) is 9.62. The number of benzene rings is 1. The number of aliphatic hydroxyl groups is 1. The largest absolute Gasteiger partial charge is 0.481 e. The minimum absolute atomic E-state index is 0.0442. The van der Waals surface area contributed by atoms with Crippen molar-refractivity contribution in [3.8, 4) is 0 Å². The van der Waals surface area contributed by atoms with Crippen molar-refractivity contribution in [3.05, 3.63) is 64.5 Å². The van der Waals surface area contributed by atoms with Crippen LogP contribution >= 0.6 is 0 Å². The second-order valence-electron chi connectivity index (χ2n) is 6.27. The molecular formula is C20H22N2O3. The van der Waals surface area contributed by atoms with Crippen LogP contribution in [-0.2, 0) is 22.5 Å². The third-order valence-electron chi connectivity index (χ3n) is 4.48. The molecule has 0 saturated carbocycles. The summed E-state index contributed by atoms with van der Waals surface area (Å²) in [7, 11) is 1.60. The van der Waals surface area contributed by atoms with Crippen LogP contribution in [0.5, 0.6) is 0 Å². The lowest BCUT2D eigenvalue weighted by molar-refractivity contribution is -0.119. The number of pyridine rings is 1. The topological polar surface area (TPSA) is 71.8 Å². The highest BCUT2D eigenvalue weighted by atomic mass is 16.5. The number of aliphatic hydroxyl groups excluding tert-OH is 1. The first kappa shape index (κ1) is 17.3. The van der Waals surface area contributed by atoms with E-state index < -0.39 is 0 Å². The number of aliphatic imine (C=N–C) groups is 1. The predicted octanol–water partition coefficient (Wildman–Crippen LogP) is 2.57. The van der Waals surface area contributed by atoms with E-state index in [4.69, 9.17) is 4.74 Å². The van der Waals surface area contributed by atoms with E-state index in [2.05, 4.69) is 9.98 Å². The Morgan fingerprint density at radius 1 is 1.32 bits per heavy atom. The molecule has 0 fully saturated rings. The third kappa shape index (κ3) is 3.77. The van der Waals surface area contributed by atoms with Gasteiger partial charge < -0.3 is 9.84 Å². The van der Waals surface area contributed by atoms with Gasteiger partial charge in [-0.3, -0.25) is 9.78 Å². The van der Waals surface area contributed by atoms with Crippen molar-refractivity contribution in [2.24, 2.45) is 4.99 Å². The third-order valence-corrected chi connectivity index (χ3v) is 4.48. The number of rotatable bonds is 6. The molecule has 0 amide bonds. The van der Waals surface area contributed by atoms with Gasteiger partial charge in [0, 0.05) is 24.5 Å². The number of hydrogen-bond donors (Lipinski definition) is 1. The molecule has 0 aliphatic carbocycles. The minimum Gasteiger partial charge on any atom is -0.481 e. The molecule has 25 heavy (non-hydrogen) atoms. The molecule has 0 spiro atoms. The number of hydrogen-bond acceptors (Lipinski definition) is 5. The van der Waals surface area contributed by atoms with Crippen molar-refractivity contribution < 1.29 is 14.6 Å². The Balaban J connectivity index is 1.71. The van der Waals surface area contributed by atoms with Gasteiger partial charge in [-0.2, -0.15) is 0 Å². The lowest BCUT2D eigenvalue weighted by Gasteiger charge is -2.14. The highest BCUT2D eigenvalue weighted by Crippen LogP contribution is 2.24. The molecule has 1 aliphatic rings. The molecular weight excluding hydrogens is 316 g/mol. The maximum absolute atomic E-state index is 12.5. The number of Topliss-reactive ketones (excluding diaryl/α,β-unsaturated/α-hetero) is 1. The number of ketones is 1. The quantitative estimate of drug-likeness (QED) is 0.879. The molecule has 1 aromatic carbocycles. The fraction of sp³-hybridized carbons (Fsp3) is 0.350. The van der Waals surface area contributed by atoms with Crippen LogP contribution in [0.4, 0.5) is 0 Å². The van der Waals surface area contributed by atoms with Crippen LogP contribution in [0, 0.1) is 6.92 Å². The van der Waals surface area contributed by atoms with Crippen LogP contribution in [0.25, 0.3) is 0 Å². The Morgan fingerprint density at radius 3 is 2.76 bits per heavy atom. The molecule has 5 nitrogen and oxygen atoms in total. The standard InChI is InChI=1S/C20H22N2O3/c1-13-19-15(11-21-20(19)25-2)8-17(22-13)10-18(24)9-16(12-23)14-6-4-3-5-7-14/h3-8,16,23H,9-12H2,1-2H3/t16-/m1/s1. The number of fused-ring (bicyclic) bond motifs is 1. The Bertz CT molecular complexity index is 800. The van der Waals surface area contributed by atoms with Gasteiger partial charge in [0.1, 0.15) is 5.78 Å². The average molecular weight is 338 g/mol. The number of carbonyl (C=O) groups is 1. The monoisotopic (exact) mass is 338 g/mol. The molecule has 2 aromatic rings. The molecule has 5 heteroatoms. The molecule has 1 aliphatic heterocycles. The summed E-state index contributed by atoms with van der Waals surface area (Å²) in [6, 6.07) is 11.6. The Hall–Kier alpha value is -2.53. The molecule has 1 N–H and O–H groups in total. The van der Waals surface area contributed by atoms with Gasteiger partial charge in [-0.15, -0.1) is 0 Å². The summed E-state index contributed by atoms with van der Waals surface area (Å²) < 4.78 is 5.27. The summed E-state index contributed by atoms with van der Waals surface area (Å²) in [6.07, 6.45) is 0.567. The molecule has 3 rings (SSSR count). The summed E-state index contributed by atoms with van der Waals surface area (Å²) >= 11 is 0. The smallest absolute Gasteiger partial charge is 0.218 e. The van der Waals surface area contributed by atoms with Crippen LogP contribution < -0.4 is 0 Å². The first-order chi connectivity index (χ1) is 12.1. The summed E-state index contributed by atoms with van der Waals surface area (Å²) in [6.45, 7) is 2.43. The zero-order valence-corrected chi connectivity index (χ0v) is 14.5. The molecule has 0 unspecified atom stereocenters. The maximum atomic E-state index is 12.5. The van der Waals surface area contributed by atoms with Crippen molar-refractivity contribution in [1.82, 2.24) is 4.98 Å². The van der Waals surface area contributed by atoms with Crippen LogP contribution in [0.15, 0.2) is 41.4 Å². The lowest BCUT2D eigenvalue weighted by atomic mass is 9.93. The minimum atomic E-state index is -0.173. The number of nitrogens with zero attached hydrogens (tertiary/aromatic N) is 2. The van der Waals surface area contributed by atoms with Gasteiger partial charge in [0.05, 0.1) is 31.5 Å². The van der Waals surface area contributed by atoms with Crippen molar-refractivity contribution in [1.29, 1.82) is 0 Å². The molecule has 1 aromatic heterocycles. The molecule has 0 saturated heterocycles. The van der Waals surface area contributed by atoms with E-state index in [1.807, 2.05) is 43.3 Å². The van der Waals surface area contributed by atoms with E-state index in [1.54, 1.807) is 7.11 Å². The summed E-state index contributed by atoms with van der Waals surface area (Å²) in [5.74, 6) is 0.510. The van der Waals surface area contributed by atoms with Crippen molar-refractivity contribution >= 4 is 11.7 Å². The number of aryl methyl sites for hydroxylation is 1. The Kier molecular flexibility index (Phi) is 5.24. The van der Waals surface area contributed by atoms with Gasteiger partial charge in [-0.05, 0) is 24.1 Å². The van der Waals surface area contributed by atoms with Crippen LogP contribution in [0.1, 0.15) is 40.4 Å². The van der Waals surface area contributed by atoms with Gasteiger partial charge >= 0.3 is 0 Å². The van der Waals surface area contributed by atoms with E-state index in [-0.39, 0.29) is 24.7 Å². The SMILES string of the molecule is COC1=NCc2cc(CC(=O)C[C@H](CO)c3ccccc3)nc(C)c21. The summed E-state index contributed by atoms with van der Waals surface area (Å²) in [5.41, 5.74) is 4.55. The predicted molar refractivity (Wildman–Crippen MR) is 95.8 cm³/mol. The van der Waals surface area contributed by atoms with E-state index in [1.165, 1.54) is 0 Å². The highest BCUT2D eigenvalue weighted by Gasteiger charge is 2.22. The zero-order valence-electron chi connectivity index (χ0n) is 14.5. The fourth-order valence-corrected chi connectivity index (χ4v) is 3.28. The van der Waals surface area contributed by atoms with Gasteiger partial charge in [0.15, 0.2) is 0 Å². The zero-order chi connectivity index (χ0) is 17.8. The normalized spacial score (nSPS) is 14.0. The van der Waals surface area contributed by atoms with E-state index in [0.717, 1.165) is 28.1 Å². The van der Waals surface area contributed by atoms with Gasteiger partial charge in [-0.25, -0.2) is 4.99 Å². The average Bonchev–Trinajstić information content (AvgIpc) is 3.04.